The van der Waals surface area contributed by atoms with Gasteiger partial charge in [0.05, 0.1) is 26.4 Å². The van der Waals surface area contributed by atoms with Crippen LogP contribution in [0.4, 0.5) is 5.69 Å². The van der Waals surface area contributed by atoms with Crippen LogP contribution in [-0.2, 0) is 9.47 Å². The van der Waals surface area contributed by atoms with Crippen molar-refractivity contribution in [1.29, 1.82) is 0 Å². The molecule has 0 radical (unpaired) electrons. The van der Waals surface area contributed by atoms with Crippen molar-refractivity contribution in [2.45, 2.75) is 25.0 Å². The van der Waals surface area contributed by atoms with E-state index in [-0.39, 0.29) is 5.79 Å². The van der Waals surface area contributed by atoms with Gasteiger partial charge in [-0.1, -0.05) is 0 Å². The molecule has 1 spiro atoms. The van der Waals surface area contributed by atoms with Crippen molar-refractivity contribution in [2.75, 3.05) is 45.2 Å². The number of nitrogens with zero attached hydrogens (tertiary/aromatic N) is 1. The smallest absolute Gasteiger partial charge is 0.181 e. The maximum Gasteiger partial charge on any atom is 0.181 e. The molecule has 0 unspecified atom stereocenters. The minimum atomic E-state index is -0.323. The number of hydrogen-bond acceptors (Lipinski definition) is 5. The zero-order valence-corrected chi connectivity index (χ0v) is 12.4. The molecular weight excluding hydrogens is 268 g/mol. The van der Waals surface area contributed by atoms with E-state index in [0.29, 0.717) is 0 Å². The fraction of sp³-hybridized carbons (Fsp3) is 0.625. The van der Waals surface area contributed by atoms with Crippen LogP contribution < -0.4 is 10.5 Å². The van der Waals surface area contributed by atoms with Crippen LogP contribution in [0.1, 0.15) is 19.3 Å². The molecule has 2 aliphatic heterocycles. The van der Waals surface area contributed by atoms with Gasteiger partial charge >= 0.3 is 0 Å². The third-order valence-electron chi connectivity index (χ3n) is 4.08. The zero-order valence-electron chi connectivity index (χ0n) is 12.4. The van der Waals surface area contributed by atoms with Crippen molar-refractivity contribution >= 4 is 5.69 Å². The summed E-state index contributed by atoms with van der Waals surface area (Å²) in [6, 6.07) is 7.54. The first kappa shape index (κ1) is 14.6. The molecule has 5 nitrogen and oxygen atoms in total. The second-order valence-corrected chi connectivity index (χ2v) is 5.76. The Morgan fingerprint density at radius 1 is 1.19 bits per heavy atom. The Hall–Kier alpha value is -1.30. The van der Waals surface area contributed by atoms with E-state index in [0.717, 1.165) is 70.2 Å². The monoisotopic (exact) mass is 292 g/mol. The number of anilines is 1. The summed E-state index contributed by atoms with van der Waals surface area (Å²) in [6.45, 7) is 5.20. The molecule has 1 aromatic carbocycles. The second-order valence-electron chi connectivity index (χ2n) is 5.76. The van der Waals surface area contributed by atoms with Crippen molar-refractivity contribution in [3.63, 3.8) is 0 Å². The van der Waals surface area contributed by atoms with Crippen LogP contribution in [0.25, 0.3) is 0 Å². The van der Waals surface area contributed by atoms with Gasteiger partial charge in [0.25, 0.3) is 0 Å². The molecule has 21 heavy (non-hydrogen) atoms. The fourth-order valence-electron chi connectivity index (χ4n) is 3.04. The Labute approximate surface area is 126 Å². The summed E-state index contributed by atoms with van der Waals surface area (Å²) < 4.78 is 17.3. The van der Waals surface area contributed by atoms with E-state index in [4.69, 9.17) is 19.9 Å². The summed E-state index contributed by atoms with van der Waals surface area (Å²) in [6.07, 6.45) is 3.16. The highest BCUT2D eigenvalue weighted by molar-refractivity contribution is 5.41. The Kier molecular flexibility index (Phi) is 4.63. The van der Waals surface area contributed by atoms with Crippen LogP contribution in [0, 0.1) is 0 Å². The van der Waals surface area contributed by atoms with Gasteiger partial charge in [0, 0.05) is 18.7 Å². The third-order valence-corrected chi connectivity index (χ3v) is 4.08. The molecule has 0 bridgehead atoms. The molecule has 116 valence electrons. The number of benzene rings is 1. The molecule has 0 aromatic heterocycles. The van der Waals surface area contributed by atoms with Crippen LogP contribution in [0.5, 0.6) is 5.75 Å². The lowest BCUT2D eigenvalue weighted by atomic mass is 10.0. The fourth-order valence-corrected chi connectivity index (χ4v) is 3.04. The van der Waals surface area contributed by atoms with Gasteiger partial charge in [-0.25, -0.2) is 0 Å². The quantitative estimate of drug-likeness (QED) is 0.663. The average Bonchev–Trinajstić information content (AvgIpc) is 2.93. The minimum Gasteiger partial charge on any atom is -0.494 e. The Bertz CT molecular complexity index is 443. The summed E-state index contributed by atoms with van der Waals surface area (Å²) in [5, 5.41) is 0. The Morgan fingerprint density at radius 3 is 2.71 bits per heavy atom. The lowest BCUT2D eigenvalue weighted by Crippen LogP contribution is -2.49. The van der Waals surface area contributed by atoms with Gasteiger partial charge in [-0.3, -0.25) is 4.90 Å². The van der Waals surface area contributed by atoms with Crippen molar-refractivity contribution in [3.05, 3.63) is 24.3 Å². The molecular formula is C16H24N2O3. The number of ether oxygens (including phenoxy) is 3. The summed E-state index contributed by atoms with van der Waals surface area (Å²) in [7, 11) is 0. The first-order chi connectivity index (χ1) is 10.3. The molecule has 0 amide bonds. The molecule has 2 saturated heterocycles. The summed E-state index contributed by atoms with van der Waals surface area (Å²) in [5.74, 6) is 0.553. The largest absolute Gasteiger partial charge is 0.494 e. The number of nitrogens with two attached hydrogens (primary N) is 1. The molecule has 5 heteroatoms. The maximum absolute atomic E-state index is 5.79. The molecule has 3 rings (SSSR count). The zero-order chi connectivity index (χ0) is 14.5. The molecule has 0 saturated carbocycles. The molecule has 2 N–H and O–H groups in total. The Balaban J connectivity index is 1.38. The summed E-state index contributed by atoms with van der Waals surface area (Å²) in [5.41, 5.74) is 6.41. The van der Waals surface area contributed by atoms with Crippen LogP contribution in [0.2, 0.25) is 0 Å². The van der Waals surface area contributed by atoms with Gasteiger partial charge in [-0.2, -0.15) is 0 Å². The van der Waals surface area contributed by atoms with E-state index in [9.17, 15) is 0 Å². The lowest BCUT2D eigenvalue weighted by Gasteiger charge is -2.38. The standard InChI is InChI=1S/C16H24N2O3/c17-14-3-5-15(6-4-14)19-10-2-9-18-8-1-7-16(13-18)20-11-12-21-16/h3-6H,1-2,7-13,17H2. The first-order valence-corrected chi connectivity index (χ1v) is 7.74. The molecule has 2 heterocycles. The molecule has 2 fully saturated rings. The van der Waals surface area contributed by atoms with E-state index >= 15 is 0 Å². The predicted octanol–water partition coefficient (Wildman–Crippen LogP) is 1.88. The highest BCUT2D eigenvalue weighted by Crippen LogP contribution is 2.29. The van der Waals surface area contributed by atoms with Gasteiger partial charge in [0.15, 0.2) is 5.79 Å². The number of rotatable bonds is 5. The van der Waals surface area contributed by atoms with Crippen LogP contribution in [-0.4, -0.2) is 50.1 Å². The van der Waals surface area contributed by atoms with Crippen LogP contribution in [0.3, 0.4) is 0 Å². The van der Waals surface area contributed by atoms with Gasteiger partial charge in [-0.05, 0) is 43.7 Å². The van der Waals surface area contributed by atoms with Crippen LogP contribution in [0.15, 0.2) is 24.3 Å². The van der Waals surface area contributed by atoms with Gasteiger partial charge in [0.2, 0.25) is 0 Å². The Morgan fingerprint density at radius 2 is 1.95 bits per heavy atom. The van der Waals surface area contributed by atoms with Crippen LogP contribution >= 0.6 is 0 Å². The van der Waals surface area contributed by atoms with Gasteiger partial charge < -0.3 is 19.9 Å². The van der Waals surface area contributed by atoms with Gasteiger partial charge in [0.1, 0.15) is 5.75 Å². The third kappa shape index (κ3) is 3.87. The van der Waals surface area contributed by atoms with Crippen molar-refractivity contribution in [2.24, 2.45) is 0 Å². The topological polar surface area (TPSA) is 57.0 Å². The first-order valence-electron chi connectivity index (χ1n) is 7.74. The van der Waals surface area contributed by atoms with E-state index in [1.807, 2.05) is 24.3 Å². The van der Waals surface area contributed by atoms with E-state index in [2.05, 4.69) is 4.90 Å². The van der Waals surface area contributed by atoms with Crippen molar-refractivity contribution in [3.8, 4) is 5.75 Å². The van der Waals surface area contributed by atoms with Crippen molar-refractivity contribution in [1.82, 2.24) is 4.90 Å². The lowest BCUT2D eigenvalue weighted by molar-refractivity contribution is -0.189. The highest BCUT2D eigenvalue weighted by atomic mass is 16.7. The molecule has 2 aliphatic rings. The number of piperidine rings is 1. The SMILES string of the molecule is Nc1ccc(OCCCN2CCCC3(C2)OCCO3)cc1. The second kappa shape index (κ2) is 6.64. The average molecular weight is 292 g/mol. The molecule has 0 atom stereocenters. The summed E-state index contributed by atoms with van der Waals surface area (Å²) >= 11 is 0. The van der Waals surface area contributed by atoms with E-state index in [1.54, 1.807) is 0 Å². The van der Waals surface area contributed by atoms with Crippen molar-refractivity contribution < 1.29 is 14.2 Å². The highest BCUT2D eigenvalue weighted by Gasteiger charge is 2.40. The van der Waals surface area contributed by atoms with E-state index < -0.39 is 0 Å². The van der Waals surface area contributed by atoms with E-state index in [1.165, 1.54) is 0 Å². The number of likely N-dealkylation sites (tertiary alicyclic amines) is 1. The maximum atomic E-state index is 5.79. The number of nitrogen functional groups attached to an aromatic ring is 1. The molecule has 0 aliphatic carbocycles. The van der Waals surface area contributed by atoms with Gasteiger partial charge in [-0.15, -0.1) is 0 Å². The summed E-state index contributed by atoms with van der Waals surface area (Å²) in [4.78, 5) is 2.42. The minimum absolute atomic E-state index is 0.323. The normalized spacial score (nSPS) is 21.7. The number of hydrogen-bond donors (Lipinski definition) is 1. The predicted molar refractivity (Wildman–Crippen MR) is 81.3 cm³/mol. The molecule has 1 aromatic rings.